The third kappa shape index (κ3) is 4.18. The van der Waals surface area contributed by atoms with E-state index in [0.29, 0.717) is 33.3 Å². The number of anilines is 1. The molecule has 1 amide bonds. The van der Waals surface area contributed by atoms with Gasteiger partial charge in [0.1, 0.15) is 5.52 Å². The molecule has 7 heteroatoms. The summed E-state index contributed by atoms with van der Waals surface area (Å²) in [6, 6.07) is 24.3. The lowest BCUT2D eigenvalue weighted by Gasteiger charge is -2.11. The predicted octanol–water partition coefficient (Wildman–Crippen LogP) is 6.74. The molecule has 0 atom stereocenters. The van der Waals surface area contributed by atoms with Crippen LogP contribution in [0.5, 0.6) is 0 Å². The lowest BCUT2D eigenvalue weighted by Crippen LogP contribution is -2.34. The number of nitrogens with zero attached hydrogens (tertiary/aromatic N) is 1. The highest BCUT2D eigenvalue weighted by molar-refractivity contribution is 7.80. The molecule has 1 aromatic heterocycles. The highest BCUT2D eigenvalue weighted by Gasteiger charge is 2.14. The minimum Gasteiger partial charge on any atom is -0.436 e. The molecule has 162 valence electrons. The van der Waals surface area contributed by atoms with Gasteiger partial charge in [0, 0.05) is 27.2 Å². The van der Waals surface area contributed by atoms with Gasteiger partial charge in [0.2, 0.25) is 5.89 Å². The van der Waals surface area contributed by atoms with E-state index in [1.165, 1.54) is 0 Å². The van der Waals surface area contributed by atoms with Crippen LogP contribution in [0.4, 0.5) is 5.69 Å². The number of hydrogen-bond donors (Lipinski definition) is 2. The third-order valence-corrected chi connectivity index (χ3v) is 5.90. The number of carbonyl (C=O) groups excluding carboxylic acids is 1. The zero-order chi connectivity index (χ0) is 22.9. The van der Waals surface area contributed by atoms with Gasteiger partial charge >= 0.3 is 0 Å². The van der Waals surface area contributed by atoms with Crippen molar-refractivity contribution in [3.63, 3.8) is 0 Å². The maximum atomic E-state index is 12.9. The second kappa shape index (κ2) is 8.65. The Morgan fingerprint density at radius 1 is 0.970 bits per heavy atom. The van der Waals surface area contributed by atoms with Crippen molar-refractivity contribution in [3.8, 4) is 11.5 Å². The minimum atomic E-state index is -0.315. The first kappa shape index (κ1) is 21.1. The second-order valence-corrected chi connectivity index (χ2v) is 8.38. The van der Waals surface area contributed by atoms with Gasteiger partial charge in [-0.1, -0.05) is 54.1 Å². The molecule has 2 N–H and O–H groups in total. The number of rotatable bonds is 3. The van der Waals surface area contributed by atoms with Crippen molar-refractivity contribution < 1.29 is 9.21 Å². The summed E-state index contributed by atoms with van der Waals surface area (Å²) < 4.78 is 5.92. The van der Waals surface area contributed by atoms with Gasteiger partial charge in [-0.15, -0.1) is 0 Å². The molecule has 0 spiro atoms. The van der Waals surface area contributed by atoms with Crippen LogP contribution in [-0.2, 0) is 0 Å². The van der Waals surface area contributed by atoms with Crippen LogP contribution in [0, 0.1) is 6.92 Å². The number of hydrogen-bond acceptors (Lipinski definition) is 4. The number of thiocarbonyl (C=S) groups is 1. The number of amides is 1. The van der Waals surface area contributed by atoms with E-state index in [2.05, 4.69) is 15.6 Å². The average Bonchev–Trinajstić information content (AvgIpc) is 3.22. The second-order valence-electron chi connectivity index (χ2n) is 7.57. The van der Waals surface area contributed by atoms with Crippen molar-refractivity contribution in [1.29, 1.82) is 0 Å². The molecule has 4 aromatic carbocycles. The van der Waals surface area contributed by atoms with Gasteiger partial charge in [0.15, 0.2) is 10.7 Å². The van der Waals surface area contributed by atoms with Gasteiger partial charge in [-0.3, -0.25) is 10.1 Å². The molecular formula is C26H18ClN3O2S. The Labute approximate surface area is 200 Å². The first-order valence-electron chi connectivity index (χ1n) is 10.3. The van der Waals surface area contributed by atoms with Crippen LogP contribution in [0.2, 0.25) is 5.02 Å². The third-order valence-electron chi connectivity index (χ3n) is 5.36. The summed E-state index contributed by atoms with van der Waals surface area (Å²) >= 11 is 11.6. The monoisotopic (exact) mass is 471 g/mol. The SMILES string of the molecule is Cc1ccccc1-c1nc2cc(NC(=S)NC(=O)c3cccc4c(Cl)cccc34)ccc2o1. The molecule has 33 heavy (non-hydrogen) atoms. The summed E-state index contributed by atoms with van der Waals surface area (Å²) in [6.07, 6.45) is 0. The summed E-state index contributed by atoms with van der Waals surface area (Å²) in [5.74, 6) is 0.246. The summed E-state index contributed by atoms with van der Waals surface area (Å²) in [7, 11) is 0. The van der Waals surface area contributed by atoms with Gasteiger partial charge in [-0.25, -0.2) is 4.98 Å². The molecular weight excluding hydrogens is 454 g/mol. The van der Waals surface area contributed by atoms with Crippen molar-refractivity contribution >= 4 is 62.4 Å². The predicted molar refractivity (Wildman–Crippen MR) is 137 cm³/mol. The Morgan fingerprint density at radius 3 is 2.61 bits per heavy atom. The van der Waals surface area contributed by atoms with Crippen LogP contribution < -0.4 is 10.6 Å². The highest BCUT2D eigenvalue weighted by Crippen LogP contribution is 2.28. The average molecular weight is 472 g/mol. The highest BCUT2D eigenvalue weighted by atomic mass is 35.5. The minimum absolute atomic E-state index is 0.181. The molecule has 0 saturated heterocycles. The fourth-order valence-electron chi connectivity index (χ4n) is 3.74. The molecule has 1 heterocycles. The number of halogens is 1. The van der Waals surface area contributed by atoms with Crippen molar-refractivity contribution in [2.24, 2.45) is 0 Å². The quantitative estimate of drug-likeness (QED) is 0.285. The number of carbonyl (C=O) groups is 1. The van der Waals surface area contributed by atoms with Crippen molar-refractivity contribution in [2.75, 3.05) is 5.32 Å². The normalized spacial score (nSPS) is 11.0. The van der Waals surface area contributed by atoms with Crippen LogP contribution in [0.3, 0.4) is 0 Å². The van der Waals surface area contributed by atoms with E-state index in [9.17, 15) is 4.79 Å². The zero-order valence-corrected chi connectivity index (χ0v) is 19.1. The fraction of sp³-hybridized carbons (Fsp3) is 0.0385. The summed E-state index contributed by atoms with van der Waals surface area (Å²) in [6.45, 7) is 2.02. The Kier molecular flexibility index (Phi) is 5.54. The number of benzene rings is 4. The lowest BCUT2D eigenvalue weighted by molar-refractivity contribution is 0.0979. The number of fused-ring (bicyclic) bond motifs is 2. The van der Waals surface area contributed by atoms with Crippen molar-refractivity contribution in [1.82, 2.24) is 10.3 Å². The Hall–Kier alpha value is -3.74. The van der Waals surface area contributed by atoms with Crippen molar-refractivity contribution in [3.05, 3.63) is 95.0 Å². The molecule has 0 saturated carbocycles. The lowest BCUT2D eigenvalue weighted by atomic mass is 10.0. The summed E-state index contributed by atoms with van der Waals surface area (Å²) in [5, 5.41) is 8.13. The van der Waals surface area contributed by atoms with Crippen LogP contribution in [-0.4, -0.2) is 16.0 Å². The first-order chi connectivity index (χ1) is 16.0. The standard InChI is InChI=1S/C26H18ClN3O2S/c1-15-6-2-3-7-17(15)25-29-22-14-16(12-13-23(22)32-25)28-26(33)30-24(31)20-10-4-9-19-18(20)8-5-11-21(19)27/h2-14H,1H3,(H2,28,30,31,33). The van der Waals surface area contributed by atoms with E-state index in [1.807, 2.05) is 67.6 Å². The van der Waals surface area contributed by atoms with Gasteiger partial charge in [-0.05, 0) is 66.5 Å². The number of aromatic nitrogens is 1. The Balaban J connectivity index is 1.35. The van der Waals surface area contributed by atoms with E-state index in [1.54, 1.807) is 18.2 Å². The molecule has 0 aliphatic rings. The van der Waals surface area contributed by atoms with Gasteiger partial charge in [0.25, 0.3) is 5.91 Å². The first-order valence-corrected chi connectivity index (χ1v) is 11.0. The van der Waals surface area contributed by atoms with E-state index >= 15 is 0 Å². The Bertz CT molecular complexity index is 1540. The maximum Gasteiger partial charge on any atom is 0.258 e. The number of oxazole rings is 1. The Morgan fingerprint density at radius 2 is 1.76 bits per heavy atom. The molecule has 0 aliphatic heterocycles. The van der Waals surface area contributed by atoms with Crippen LogP contribution in [0.1, 0.15) is 15.9 Å². The molecule has 0 aliphatic carbocycles. The fourth-order valence-corrected chi connectivity index (χ4v) is 4.18. The molecule has 5 rings (SSSR count). The summed E-state index contributed by atoms with van der Waals surface area (Å²) in [4.78, 5) is 17.5. The maximum absolute atomic E-state index is 12.9. The molecule has 5 aromatic rings. The van der Waals surface area contributed by atoms with Crippen LogP contribution >= 0.6 is 23.8 Å². The molecule has 0 fully saturated rings. The zero-order valence-electron chi connectivity index (χ0n) is 17.6. The largest absolute Gasteiger partial charge is 0.436 e. The molecule has 0 unspecified atom stereocenters. The number of nitrogens with one attached hydrogen (secondary N) is 2. The van der Waals surface area contributed by atoms with Gasteiger partial charge < -0.3 is 9.73 Å². The molecule has 0 bridgehead atoms. The summed E-state index contributed by atoms with van der Waals surface area (Å²) in [5.41, 5.74) is 4.58. The van der Waals surface area contributed by atoms with Gasteiger partial charge in [0.05, 0.1) is 0 Å². The smallest absolute Gasteiger partial charge is 0.258 e. The van der Waals surface area contributed by atoms with E-state index in [-0.39, 0.29) is 11.0 Å². The number of aryl methyl sites for hydroxylation is 1. The van der Waals surface area contributed by atoms with Crippen molar-refractivity contribution in [2.45, 2.75) is 6.92 Å². The topological polar surface area (TPSA) is 67.2 Å². The van der Waals surface area contributed by atoms with Crippen LogP contribution in [0.15, 0.2) is 83.3 Å². The van der Waals surface area contributed by atoms with E-state index in [0.717, 1.165) is 21.9 Å². The molecule has 5 nitrogen and oxygen atoms in total. The van der Waals surface area contributed by atoms with E-state index < -0.39 is 0 Å². The molecule has 0 radical (unpaired) electrons. The van der Waals surface area contributed by atoms with E-state index in [4.69, 9.17) is 28.2 Å². The van der Waals surface area contributed by atoms with Crippen LogP contribution in [0.25, 0.3) is 33.3 Å². The van der Waals surface area contributed by atoms with Gasteiger partial charge in [-0.2, -0.15) is 0 Å².